The number of carbonyl (C=O) groups is 4. The minimum Gasteiger partial charge on any atom is -0.478 e. The summed E-state index contributed by atoms with van der Waals surface area (Å²) in [5, 5.41) is 17.3. The summed E-state index contributed by atoms with van der Waals surface area (Å²) in [6, 6.07) is 0. The Labute approximate surface area is 122 Å². The maximum atomic E-state index is 11.7. The molecule has 1 rings (SSSR count). The molecule has 0 bridgehead atoms. The number of carboxylic acids is 2. The molecule has 0 aliphatic rings. The Bertz CT molecular complexity index is 636. The van der Waals surface area contributed by atoms with Crippen molar-refractivity contribution in [2.75, 3.05) is 0 Å². The molecule has 1 aromatic heterocycles. The molecular weight excluding hydrogens is 304 g/mol. The van der Waals surface area contributed by atoms with Gasteiger partial charge in [-0.05, 0) is 5.41 Å². The predicted octanol–water partition coefficient (Wildman–Crippen LogP) is 1.24. The zero-order chi connectivity index (χ0) is 17.1. The van der Waals surface area contributed by atoms with Gasteiger partial charge in [-0.3, -0.25) is 9.15 Å². The van der Waals surface area contributed by atoms with Crippen molar-refractivity contribution in [1.82, 2.24) is 0 Å². The van der Waals surface area contributed by atoms with Crippen LogP contribution in [0.3, 0.4) is 0 Å². The molecule has 0 unspecified atom stereocenters. The highest BCUT2D eigenvalue weighted by molar-refractivity contribution is 5.99. The average molecular weight is 316 g/mol. The van der Waals surface area contributed by atoms with Crippen molar-refractivity contribution >= 4 is 23.9 Å². The lowest BCUT2D eigenvalue weighted by Gasteiger charge is -2.19. The molecule has 1 aromatic rings. The van der Waals surface area contributed by atoms with E-state index >= 15 is 0 Å². The number of aliphatic carboxylic acids is 1. The normalized spacial score (nSPS) is 11.9. The van der Waals surface area contributed by atoms with Crippen molar-refractivity contribution in [1.29, 1.82) is 0 Å². The molecule has 0 spiro atoms. The van der Waals surface area contributed by atoms with Crippen LogP contribution in [0.15, 0.2) is 20.8 Å². The topological polar surface area (TPSA) is 153 Å². The van der Waals surface area contributed by atoms with Gasteiger partial charge in [-0.1, -0.05) is 20.8 Å². The molecule has 0 atom stereocenters. The molecule has 10 heteroatoms. The van der Waals surface area contributed by atoms with Crippen LogP contribution in [0.25, 0.3) is 0 Å². The first-order chi connectivity index (χ1) is 10.0. The van der Waals surface area contributed by atoms with Gasteiger partial charge in [-0.25, -0.2) is 29.0 Å². The first kappa shape index (κ1) is 17.0. The van der Waals surface area contributed by atoms with E-state index in [1.165, 1.54) is 0 Å². The summed E-state index contributed by atoms with van der Waals surface area (Å²) in [4.78, 5) is 52.6. The van der Waals surface area contributed by atoms with Crippen molar-refractivity contribution < 1.29 is 48.3 Å². The molecule has 0 fully saturated rings. The van der Waals surface area contributed by atoms with Gasteiger partial charge in [-0.15, -0.1) is 0 Å². The van der Waals surface area contributed by atoms with Gasteiger partial charge < -0.3 is 10.2 Å². The molecule has 120 valence electrons. The van der Waals surface area contributed by atoms with Gasteiger partial charge >= 0.3 is 35.4 Å². The second kappa shape index (κ2) is 6.16. The van der Waals surface area contributed by atoms with Crippen molar-refractivity contribution in [3.63, 3.8) is 0 Å². The van der Waals surface area contributed by atoms with E-state index in [0.717, 1.165) is 0 Å². The van der Waals surface area contributed by atoms with Crippen LogP contribution < -0.4 is 0 Å². The van der Waals surface area contributed by atoms with E-state index in [1.54, 1.807) is 20.8 Å². The Hall–Kier alpha value is -3.04. The summed E-state index contributed by atoms with van der Waals surface area (Å²) in [6.07, 6.45) is 0.612. The lowest BCUT2D eigenvalue weighted by molar-refractivity contribution is -0.233. The SMILES string of the molecule is CC(C)(C)/C(=C/C(=O)O)C(=O)OOC(=O)c1ooc1C(=O)O. The molecule has 10 nitrogen and oxygen atoms in total. The van der Waals surface area contributed by atoms with Crippen molar-refractivity contribution in [3.05, 3.63) is 23.2 Å². The highest BCUT2D eigenvalue weighted by Gasteiger charge is 2.33. The van der Waals surface area contributed by atoms with Crippen LogP contribution in [0, 0.1) is 5.41 Å². The van der Waals surface area contributed by atoms with Gasteiger partial charge in [0.2, 0.25) is 0 Å². The number of rotatable bonds is 4. The number of hydrogen-bond acceptors (Lipinski definition) is 8. The number of carboxylic acid groups (broad SMARTS) is 2. The first-order valence-electron chi connectivity index (χ1n) is 5.74. The van der Waals surface area contributed by atoms with Crippen LogP contribution in [0.4, 0.5) is 0 Å². The number of hydrogen-bond donors (Lipinski definition) is 2. The zero-order valence-electron chi connectivity index (χ0n) is 11.7. The standard InChI is InChI=1S/C12H12O10/c1-12(2,3)5(4-6(13)14)10(17)21-22-11(18)8-7(9(15)16)19-20-8/h4H,1-3H3,(H,13,14)(H,15,16)/b5-4+. The average Bonchev–Trinajstić information content (AvgIpc) is 2.29. The molecule has 0 aliphatic heterocycles. The molecule has 0 aromatic carbocycles. The van der Waals surface area contributed by atoms with E-state index in [2.05, 4.69) is 18.9 Å². The summed E-state index contributed by atoms with van der Waals surface area (Å²) in [5.74, 6) is -7.20. The van der Waals surface area contributed by atoms with E-state index in [1.807, 2.05) is 0 Å². The molecule has 0 saturated carbocycles. The third-order valence-corrected chi connectivity index (χ3v) is 2.28. The van der Waals surface area contributed by atoms with Crippen LogP contribution in [-0.2, 0) is 19.4 Å². The van der Waals surface area contributed by atoms with Gasteiger partial charge in [0.15, 0.2) is 0 Å². The molecular formula is C12H12O10. The largest absolute Gasteiger partial charge is 0.478 e. The monoisotopic (exact) mass is 316 g/mol. The fourth-order valence-corrected chi connectivity index (χ4v) is 1.25. The Kier molecular flexibility index (Phi) is 4.76. The Morgan fingerprint density at radius 3 is 1.91 bits per heavy atom. The predicted molar refractivity (Wildman–Crippen MR) is 64.6 cm³/mol. The highest BCUT2D eigenvalue weighted by Crippen LogP contribution is 2.26. The number of carbonyl (C=O) groups excluding carboxylic acids is 2. The number of aromatic carboxylic acids is 1. The van der Waals surface area contributed by atoms with Gasteiger partial charge in [0.05, 0.1) is 5.57 Å². The van der Waals surface area contributed by atoms with Gasteiger partial charge in [0.1, 0.15) is 0 Å². The fourth-order valence-electron chi connectivity index (χ4n) is 1.25. The van der Waals surface area contributed by atoms with Crippen molar-refractivity contribution in [3.8, 4) is 0 Å². The summed E-state index contributed by atoms with van der Waals surface area (Å²) in [6.45, 7) is 4.62. The molecule has 22 heavy (non-hydrogen) atoms. The van der Waals surface area contributed by atoms with Crippen LogP contribution in [-0.4, -0.2) is 34.1 Å². The molecule has 1 heterocycles. The smallest absolute Gasteiger partial charge is 0.430 e. The minimum absolute atomic E-state index is 0.272. The molecule has 0 radical (unpaired) electrons. The van der Waals surface area contributed by atoms with E-state index < -0.39 is 40.8 Å². The Morgan fingerprint density at radius 1 is 1.00 bits per heavy atom. The van der Waals surface area contributed by atoms with Crippen molar-refractivity contribution in [2.45, 2.75) is 20.8 Å². The quantitative estimate of drug-likeness (QED) is 0.471. The first-order valence-corrected chi connectivity index (χ1v) is 5.74. The summed E-state index contributed by atoms with van der Waals surface area (Å²) >= 11 is 0. The maximum Gasteiger partial charge on any atom is 0.430 e. The Morgan fingerprint density at radius 2 is 1.55 bits per heavy atom. The summed E-state index contributed by atoms with van der Waals surface area (Å²) in [5.41, 5.74) is -1.17. The third kappa shape index (κ3) is 3.98. The highest BCUT2D eigenvalue weighted by atomic mass is 17.2. The maximum absolute atomic E-state index is 11.7. The fraction of sp³-hybridized carbons (Fsp3) is 0.333. The minimum atomic E-state index is -1.58. The summed E-state index contributed by atoms with van der Waals surface area (Å²) in [7, 11) is 0. The van der Waals surface area contributed by atoms with Crippen molar-refractivity contribution in [2.24, 2.45) is 5.41 Å². The van der Waals surface area contributed by atoms with Crippen LogP contribution in [0.2, 0.25) is 0 Å². The van der Waals surface area contributed by atoms with E-state index in [0.29, 0.717) is 6.08 Å². The van der Waals surface area contributed by atoms with Crippen LogP contribution >= 0.6 is 0 Å². The zero-order valence-corrected chi connectivity index (χ0v) is 11.7. The molecule has 0 aliphatic carbocycles. The van der Waals surface area contributed by atoms with Gasteiger partial charge in [0.25, 0.3) is 0 Å². The lowest BCUT2D eigenvalue weighted by Crippen LogP contribution is -2.23. The van der Waals surface area contributed by atoms with Crippen LogP contribution in [0.1, 0.15) is 41.9 Å². The third-order valence-electron chi connectivity index (χ3n) is 2.28. The van der Waals surface area contributed by atoms with Crippen LogP contribution in [0.5, 0.6) is 0 Å². The Balaban J connectivity index is 2.77. The second-order valence-electron chi connectivity index (χ2n) is 5.02. The van der Waals surface area contributed by atoms with Gasteiger partial charge in [0, 0.05) is 6.08 Å². The molecule has 2 N–H and O–H groups in total. The molecule has 0 saturated heterocycles. The summed E-state index contributed by atoms with van der Waals surface area (Å²) < 4.78 is 8.15. The van der Waals surface area contributed by atoms with E-state index in [4.69, 9.17) is 10.2 Å². The van der Waals surface area contributed by atoms with E-state index in [-0.39, 0.29) is 5.57 Å². The van der Waals surface area contributed by atoms with Gasteiger partial charge in [-0.2, -0.15) is 0 Å². The second-order valence-corrected chi connectivity index (χ2v) is 5.02. The lowest BCUT2D eigenvalue weighted by atomic mass is 9.86. The molecule has 0 amide bonds. The van der Waals surface area contributed by atoms with E-state index in [9.17, 15) is 19.2 Å².